The van der Waals surface area contributed by atoms with Crippen LogP contribution in [-0.2, 0) is 23.9 Å². The van der Waals surface area contributed by atoms with Gasteiger partial charge in [0.25, 0.3) is 5.60 Å². The maximum atomic E-state index is 12.5. The lowest BCUT2D eigenvalue weighted by molar-refractivity contribution is -0.181. The normalized spacial score (nSPS) is 24.6. The zero-order valence-corrected chi connectivity index (χ0v) is 14.9. The third-order valence-corrected chi connectivity index (χ3v) is 4.24. The van der Waals surface area contributed by atoms with Crippen molar-refractivity contribution in [1.29, 1.82) is 0 Å². The molecule has 1 aliphatic rings. The summed E-state index contributed by atoms with van der Waals surface area (Å²) >= 11 is 0. The molecule has 1 heterocycles. The zero-order chi connectivity index (χ0) is 17.5. The molecule has 132 valence electrons. The molecular weight excluding hydrogens is 298 g/mol. The van der Waals surface area contributed by atoms with Crippen LogP contribution in [0.2, 0.25) is 0 Å². The fourth-order valence-corrected chi connectivity index (χ4v) is 2.87. The van der Waals surface area contributed by atoms with Crippen LogP contribution in [0.15, 0.2) is 5.16 Å². The average molecular weight is 327 g/mol. The summed E-state index contributed by atoms with van der Waals surface area (Å²) in [7, 11) is 0. The standard InChI is InChI=1S/C17H29NO5/c1-6-10-11-12(5)14-13(15(19)21-8-3)17(7-2,23-18-14)16(20)22-9-4/h12-13H,6-11H2,1-5H3. The first-order valence-corrected chi connectivity index (χ1v) is 8.58. The topological polar surface area (TPSA) is 74.2 Å². The van der Waals surface area contributed by atoms with Crippen LogP contribution in [0.25, 0.3) is 0 Å². The number of nitrogens with zero attached hydrogens (tertiary/aromatic N) is 1. The Labute approximate surface area is 138 Å². The van der Waals surface area contributed by atoms with Crippen LogP contribution in [-0.4, -0.2) is 36.5 Å². The molecule has 1 rings (SSSR count). The van der Waals surface area contributed by atoms with Gasteiger partial charge in [0.2, 0.25) is 0 Å². The van der Waals surface area contributed by atoms with E-state index in [4.69, 9.17) is 14.3 Å². The molecule has 0 amide bonds. The highest BCUT2D eigenvalue weighted by atomic mass is 16.7. The minimum Gasteiger partial charge on any atom is -0.465 e. The van der Waals surface area contributed by atoms with Gasteiger partial charge in [-0.15, -0.1) is 0 Å². The Balaban J connectivity index is 3.13. The Morgan fingerprint density at radius 2 is 1.87 bits per heavy atom. The highest BCUT2D eigenvalue weighted by Gasteiger charge is 2.59. The lowest BCUT2D eigenvalue weighted by Crippen LogP contribution is -2.52. The molecule has 0 aliphatic carbocycles. The van der Waals surface area contributed by atoms with E-state index in [0.29, 0.717) is 12.1 Å². The van der Waals surface area contributed by atoms with Gasteiger partial charge in [-0.1, -0.05) is 38.8 Å². The second-order valence-corrected chi connectivity index (χ2v) is 5.80. The number of carbonyl (C=O) groups excluding carboxylic acids is 2. The molecular formula is C17H29NO5. The van der Waals surface area contributed by atoms with Gasteiger partial charge in [0.15, 0.2) is 5.92 Å². The number of esters is 2. The number of rotatable bonds is 9. The number of hydrogen-bond donors (Lipinski definition) is 0. The summed E-state index contributed by atoms with van der Waals surface area (Å²) in [6.45, 7) is 9.83. The van der Waals surface area contributed by atoms with E-state index in [1.54, 1.807) is 20.8 Å². The largest absolute Gasteiger partial charge is 0.465 e. The van der Waals surface area contributed by atoms with Crippen LogP contribution >= 0.6 is 0 Å². The number of hydrogen-bond acceptors (Lipinski definition) is 6. The highest BCUT2D eigenvalue weighted by Crippen LogP contribution is 2.38. The number of unbranched alkanes of at least 4 members (excludes halogenated alkanes) is 1. The van der Waals surface area contributed by atoms with E-state index in [1.807, 2.05) is 6.92 Å². The molecule has 0 bridgehead atoms. The van der Waals surface area contributed by atoms with Crippen molar-refractivity contribution in [3.8, 4) is 0 Å². The summed E-state index contributed by atoms with van der Waals surface area (Å²) in [4.78, 5) is 30.5. The van der Waals surface area contributed by atoms with E-state index in [1.165, 1.54) is 0 Å². The average Bonchev–Trinajstić information content (AvgIpc) is 2.94. The Morgan fingerprint density at radius 1 is 1.22 bits per heavy atom. The maximum Gasteiger partial charge on any atom is 0.354 e. The van der Waals surface area contributed by atoms with Gasteiger partial charge >= 0.3 is 11.9 Å². The molecule has 0 aromatic carbocycles. The minimum absolute atomic E-state index is 0.0483. The Bertz CT molecular complexity index is 448. The first-order chi connectivity index (χ1) is 11.0. The minimum atomic E-state index is -1.40. The molecule has 1 aliphatic heterocycles. The third kappa shape index (κ3) is 4.03. The molecule has 3 unspecified atom stereocenters. The monoisotopic (exact) mass is 327 g/mol. The van der Waals surface area contributed by atoms with E-state index in [0.717, 1.165) is 19.3 Å². The van der Waals surface area contributed by atoms with Gasteiger partial charge in [-0.3, -0.25) is 4.79 Å². The molecule has 0 aromatic heterocycles. The molecule has 0 aromatic rings. The molecule has 6 heteroatoms. The van der Waals surface area contributed by atoms with E-state index < -0.39 is 23.5 Å². The molecule has 3 atom stereocenters. The van der Waals surface area contributed by atoms with Gasteiger partial charge in [0.1, 0.15) is 0 Å². The van der Waals surface area contributed by atoms with Gasteiger partial charge in [0, 0.05) is 0 Å². The van der Waals surface area contributed by atoms with Crippen molar-refractivity contribution < 1.29 is 23.9 Å². The van der Waals surface area contributed by atoms with Crippen molar-refractivity contribution in [2.75, 3.05) is 13.2 Å². The summed E-state index contributed by atoms with van der Waals surface area (Å²) in [5.74, 6) is -1.81. The van der Waals surface area contributed by atoms with E-state index in [-0.39, 0.29) is 19.1 Å². The van der Waals surface area contributed by atoms with Crippen LogP contribution in [0, 0.1) is 11.8 Å². The van der Waals surface area contributed by atoms with E-state index in [2.05, 4.69) is 12.1 Å². The van der Waals surface area contributed by atoms with Crippen LogP contribution in [0.3, 0.4) is 0 Å². The summed E-state index contributed by atoms with van der Waals surface area (Å²) in [6.07, 6.45) is 3.26. The molecule has 0 radical (unpaired) electrons. The number of oxime groups is 1. The fraction of sp³-hybridized carbons (Fsp3) is 0.824. The van der Waals surface area contributed by atoms with Crippen molar-refractivity contribution in [2.24, 2.45) is 17.0 Å². The van der Waals surface area contributed by atoms with Crippen LogP contribution in [0.5, 0.6) is 0 Å². The summed E-state index contributed by atoms with van der Waals surface area (Å²) in [5.41, 5.74) is -0.815. The van der Waals surface area contributed by atoms with Crippen LogP contribution in [0.4, 0.5) is 0 Å². The summed E-state index contributed by atoms with van der Waals surface area (Å²) < 4.78 is 10.3. The molecule has 0 saturated carbocycles. The van der Waals surface area contributed by atoms with Gasteiger partial charge < -0.3 is 14.3 Å². The highest BCUT2D eigenvalue weighted by molar-refractivity contribution is 6.09. The molecule has 0 saturated heterocycles. The van der Waals surface area contributed by atoms with Crippen molar-refractivity contribution in [3.63, 3.8) is 0 Å². The van der Waals surface area contributed by atoms with E-state index in [9.17, 15) is 9.59 Å². The van der Waals surface area contributed by atoms with E-state index >= 15 is 0 Å². The first kappa shape index (κ1) is 19.5. The molecule has 6 nitrogen and oxygen atoms in total. The van der Waals surface area contributed by atoms with Crippen molar-refractivity contribution >= 4 is 17.7 Å². The van der Waals surface area contributed by atoms with Gasteiger partial charge in [-0.25, -0.2) is 4.79 Å². The Morgan fingerprint density at radius 3 is 2.39 bits per heavy atom. The van der Waals surface area contributed by atoms with Crippen LogP contribution < -0.4 is 0 Å². The number of carbonyl (C=O) groups is 2. The van der Waals surface area contributed by atoms with Gasteiger partial charge in [-0.2, -0.15) is 0 Å². The van der Waals surface area contributed by atoms with Crippen molar-refractivity contribution in [1.82, 2.24) is 0 Å². The Kier molecular flexibility index (Phi) is 7.52. The molecule has 23 heavy (non-hydrogen) atoms. The zero-order valence-electron chi connectivity index (χ0n) is 14.9. The predicted octanol–water partition coefficient (Wildman–Crippen LogP) is 3.09. The third-order valence-electron chi connectivity index (χ3n) is 4.24. The smallest absolute Gasteiger partial charge is 0.354 e. The van der Waals surface area contributed by atoms with Crippen molar-refractivity contribution in [2.45, 2.75) is 65.9 Å². The summed E-state index contributed by atoms with van der Waals surface area (Å²) in [5, 5.41) is 4.12. The van der Waals surface area contributed by atoms with Gasteiger partial charge in [-0.05, 0) is 32.6 Å². The Hall–Kier alpha value is -1.59. The second-order valence-electron chi connectivity index (χ2n) is 5.80. The molecule has 0 N–H and O–H groups in total. The SMILES string of the molecule is CCCCC(C)C1=NOC(CC)(C(=O)OCC)C1C(=O)OCC. The van der Waals surface area contributed by atoms with Gasteiger partial charge in [0.05, 0.1) is 18.9 Å². The quantitative estimate of drug-likeness (QED) is 0.608. The lowest BCUT2D eigenvalue weighted by atomic mass is 9.77. The molecule has 0 fully saturated rings. The van der Waals surface area contributed by atoms with Crippen LogP contribution in [0.1, 0.15) is 60.3 Å². The molecule has 0 spiro atoms. The number of ether oxygens (including phenoxy) is 2. The lowest BCUT2D eigenvalue weighted by Gasteiger charge is -2.29. The maximum absolute atomic E-state index is 12.5. The first-order valence-electron chi connectivity index (χ1n) is 8.58. The fourth-order valence-electron chi connectivity index (χ4n) is 2.87. The van der Waals surface area contributed by atoms with Crippen molar-refractivity contribution in [3.05, 3.63) is 0 Å². The predicted molar refractivity (Wildman–Crippen MR) is 87.0 cm³/mol. The second kappa shape index (κ2) is 8.89. The summed E-state index contributed by atoms with van der Waals surface area (Å²) in [6, 6.07) is 0.